The standard InChI is InChI=1S/C15H12FN/c16-10-6-5-9-7-14-15(12(9)8-10)11-3-1-2-4-13(11)17-14/h1-6,8,14-15,17H,7H2/t14-,15+/m0/s1. The number of nitrogens with one attached hydrogen (secondary N) is 1. The molecule has 0 amide bonds. The van der Waals surface area contributed by atoms with Gasteiger partial charge in [-0.15, -0.1) is 0 Å². The van der Waals surface area contributed by atoms with E-state index in [1.807, 2.05) is 12.1 Å². The molecule has 0 aromatic heterocycles. The lowest BCUT2D eigenvalue weighted by molar-refractivity contribution is 0.624. The number of hydrogen-bond acceptors (Lipinski definition) is 1. The van der Waals surface area contributed by atoms with Gasteiger partial charge in [0, 0.05) is 17.6 Å². The minimum absolute atomic E-state index is 0.131. The Hall–Kier alpha value is -1.83. The normalized spacial score (nSPS) is 23.8. The molecule has 1 nitrogen and oxygen atoms in total. The van der Waals surface area contributed by atoms with Gasteiger partial charge in [0.15, 0.2) is 0 Å². The molecule has 1 heterocycles. The summed E-state index contributed by atoms with van der Waals surface area (Å²) >= 11 is 0. The van der Waals surface area contributed by atoms with Crippen LogP contribution >= 0.6 is 0 Å². The SMILES string of the molecule is Fc1ccc2c(c1)[C@H]1c3ccccc3N[C@H]1C2. The fourth-order valence-corrected chi connectivity index (χ4v) is 3.23. The van der Waals surface area contributed by atoms with Gasteiger partial charge >= 0.3 is 0 Å². The third kappa shape index (κ3) is 1.18. The van der Waals surface area contributed by atoms with E-state index in [2.05, 4.69) is 23.5 Å². The summed E-state index contributed by atoms with van der Waals surface area (Å²) in [4.78, 5) is 0. The maximum absolute atomic E-state index is 13.4. The Morgan fingerprint density at radius 1 is 1.06 bits per heavy atom. The zero-order valence-corrected chi connectivity index (χ0v) is 9.28. The minimum atomic E-state index is -0.131. The molecule has 2 heteroatoms. The number of fused-ring (bicyclic) bond motifs is 5. The van der Waals surface area contributed by atoms with E-state index in [4.69, 9.17) is 0 Å². The van der Waals surface area contributed by atoms with Crippen LogP contribution in [0.5, 0.6) is 0 Å². The number of rotatable bonds is 0. The minimum Gasteiger partial charge on any atom is -0.381 e. The topological polar surface area (TPSA) is 12.0 Å². The van der Waals surface area contributed by atoms with Crippen molar-refractivity contribution in [1.82, 2.24) is 0 Å². The molecule has 0 fully saturated rings. The van der Waals surface area contributed by atoms with Crippen LogP contribution in [0.15, 0.2) is 42.5 Å². The van der Waals surface area contributed by atoms with Gasteiger partial charge in [0.05, 0.1) is 0 Å². The molecule has 1 N–H and O–H groups in total. The Balaban J connectivity index is 1.92. The third-order valence-electron chi connectivity index (χ3n) is 3.92. The summed E-state index contributed by atoms with van der Waals surface area (Å²) in [6, 6.07) is 13.9. The largest absolute Gasteiger partial charge is 0.381 e. The van der Waals surface area contributed by atoms with Crippen LogP contribution < -0.4 is 5.32 Å². The molecule has 2 atom stereocenters. The van der Waals surface area contributed by atoms with E-state index in [9.17, 15) is 4.39 Å². The fourth-order valence-electron chi connectivity index (χ4n) is 3.23. The quantitative estimate of drug-likeness (QED) is 0.725. The first-order valence-electron chi connectivity index (χ1n) is 5.97. The van der Waals surface area contributed by atoms with E-state index in [1.165, 1.54) is 16.8 Å². The van der Waals surface area contributed by atoms with Crippen molar-refractivity contribution in [3.63, 3.8) is 0 Å². The Labute approximate surface area is 99.3 Å². The van der Waals surface area contributed by atoms with Crippen LogP contribution in [0, 0.1) is 5.82 Å². The lowest BCUT2D eigenvalue weighted by Gasteiger charge is -2.10. The summed E-state index contributed by atoms with van der Waals surface area (Å²) < 4.78 is 13.4. The van der Waals surface area contributed by atoms with Crippen molar-refractivity contribution in [2.75, 3.05) is 5.32 Å². The van der Waals surface area contributed by atoms with E-state index in [0.717, 1.165) is 12.0 Å². The zero-order valence-electron chi connectivity index (χ0n) is 9.28. The molecule has 2 aromatic rings. The van der Waals surface area contributed by atoms with Crippen molar-refractivity contribution in [2.24, 2.45) is 0 Å². The molecular weight excluding hydrogens is 213 g/mol. The summed E-state index contributed by atoms with van der Waals surface area (Å²) in [5, 5.41) is 3.54. The zero-order chi connectivity index (χ0) is 11.4. The molecule has 1 aliphatic carbocycles. The number of anilines is 1. The second kappa shape index (κ2) is 3.10. The van der Waals surface area contributed by atoms with E-state index < -0.39 is 0 Å². The van der Waals surface area contributed by atoms with Gasteiger partial charge in [-0.2, -0.15) is 0 Å². The van der Waals surface area contributed by atoms with Gasteiger partial charge in [-0.1, -0.05) is 24.3 Å². The summed E-state index contributed by atoms with van der Waals surface area (Å²) in [5.41, 5.74) is 4.95. The van der Waals surface area contributed by atoms with Crippen molar-refractivity contribution in [1.29, 1.82) is 0 Å². The lowest BCUT2D eigenvalue weighted by Crippen LogP contribution is -2.17. The first-order valence-corrected chi connectivity index (χ1v) is 5.97. The maximum atomic E-state index is 13.4. The first-order chi connectivity index (χ1) is 8.33. The molecule has 0 saturated heterocycles. The third-order valence-corrected chi connectivity index (χ3v) is 3.92. The number of halogens is 1. The average molecular weight is 225 g/mol. The molecule has 17 heavy (non-hydrogen) atoms. The molecule has 0 spiro atoms. The molecule has 0 saturated carbocycles. The van der Waals surface area contributed by atoms with Gasteiger partial charge in [-0.05, 0) is 41.3 Å². The predicted octanol–water partition coefficient (Wildman–Crippen LogP) is 3.31. The van der Waals surface area contributed by atoms with Crippen LogP contribution in [0.3, 0.4) is 0 Å². The van der Waals surface area contributed by atoms with Gasteiger partial charge < -0.3 is 5.32 Å². The first kappa shape index (κ1) is 9.23. The smallest absolute Gasteiger partial charge is 0.123 e. The highest BCUT2D eigenvalue weighted by molar-refractivity contribution is 5.65. The monoisotopic (exact) mass is 225 g/mol. The van der Waals surface area contributed by atoms with Crippen molar-refractivity contribution in [2.45, 2.75) is 18.4 Å². The van der Waals surface area contributed by atoms with Gasteiger partial charge in [0.25, 0.3) is 0 Å². The Bertz CT molecular complexity index is 606. The summed E-state index contributed by atoms with van der Waals surface area (Å²) in [5.74, 6) is 0.200. The van der Waals surface area contributed by atoms with Crippen molar-refractivity contribution < 1.29 is 4.39 Å². The van der Waals surface area contributed by atoms with E-state index in [1.54, 1.807) is 12.1 Å². The molecule has 84 valence electrons. The van der Waals surface area contributed by atoms with Crippen LogP contribution in [-0.2, 0) is 6.42 Å². The van der Waals surface area contributed by atoms with E-state index >= 15 is 0 Å². The van der Waals surface area contributed by atoms with Crippen molar-refractivity contribution in [3.8, 4) is 0 Å². The maximum Gasteiger partial charge on any atom is 0.123 e. The second-order valence-corrected chi connectivity index (χ2v) is 4.86. The van der Waals surface area contributed by atoms with Crippen molar-refractivity contribution >= 4 is 5.69 Å². The van der Waals surface area contributed by atoms with Crippen LogP contribution in [0.4, 0.5) is 10.1 Å². The second-order valence-electron chi connectivity index (χ2n) is 4.86. The number of hydrogen-bond donors (Lipinski definition) is 1. The van der Waals surface area contributed by atoms with Crippen molar-refractivity contribution in [3.05, 3.63) is 65.0 Å². The van der Waals surface area contributed by atoms with Crippen LogP contribution in [0.1, 0.15) is 22.6 Å². The molecule has 2 aromatic carbocycles. The molecule has 1 aliphatic heterocycles. The van der Waals surface area contributed by atoms with Crippen LogP contribution in [0.2, 0.25) is 0 Å². The van der Waals surface area contributed by atoms with Gasteiger partial charge in [0.1, 0.15) is 5.82 Å². The van der Waals surface area contributed by atoms with Gasteiger partial charge in [-0.25, -0.2) is 4.39 Å². The van der Waals surface area contributed by atoms with Gasteiger partial charge in [0.2, 0.25) is 0 Å². The van der Waals surface area contributed by atoms with E-state index in [0.29, 0.717) is 12.0 Å². The van der Waals surface area contributed by atoms with Gasteiger partial charge in [-0.3, -0.25) is 0 Å². The van der Waals surface area contributed by atoms with E-state index in [-0.39, 0.29) is 5.82 Å². The highest BCUT2D eigenvalue weighted by Gasteiger charge is 2.39. The molecular formula is C15H12FN. The molecule has 0 radical (unpaired) electrons. The van der Waals surface area contributed by atoms with Crippen LogP contribution in [-0.4, -0.2) is 6.04 Å². The Morgan fingerprint density at radius 2 is 1.94 bits per heavy atom. The fraction of sp³-hybridized carbons (Fsp3) is 0.200. The highest BCUT2D eigenvalue weighted by Crippen LogP contribution is 2.47. The Morgan fingerprint density at radius 3 is 2.88 bits per heavy atom. The predicted molar refractivity (Wildman–Crippen MR) is 65.8 cm³/mol. The average Bonchev–Trinajstić information content (AvgIpc) is 2.84. The van der Waals surface area contributed by atoms with Crippen LogP contribution in [0.25, 0.3) is 0 Å². The highest BCUT2D eigenvalue weighted by atomic mass is 19.1. The summed E-state index contributed by atoms with van der Waals surface area (Å²) in [6.07, 6.45) is 0.995. The Kier molecular flexibility index (Phi) is 1.68. The molecule has 2 aliphatic rings. The lowest BCUT2D eigenvalue weighted by atomic mass is 9.93. The molecule has 0 bridgehead atoms. The summed E-state index contributed by atoms with van der Waals surface area (Å²) in [7, 11) is 0. The number of para-hydroxylation sites is 1. The molecule has 4 rings (SSSR count). The molecule has 0 unspecified atom stereocenters. The number of benzene rings is 2. The summed E-state index contributed by atoms with van der Waals surface area (Å²) in [6.45, 7) is 0.